The Kier molecular flexibility index (Phi) is 4.69. The molecule has 6 rings (SSSR count). The Morgan fingerprint density at radius 1 is 1.14 bits per heavy atom. The van der Waals surface area contributed by atoms with Crippen molar-refractivity contribution in [1.82, 2.24) is 14.1 Å². The molecule has 0 saturated heterocycles. The topological polar surface area (TPSA) is 133 Å². The van der Waals surface area contributed by atoms with Crippen molar-refractivity contribution < 1.29 is 29.3 Å². The highest BCUT2D eigenvalue weighted by molar-refractivity contribution is 5.88. The molecule has 0 aliphatic carbocycles. The molecule has 3 aromatic heterocycles. The molecule has 0 bridgehead atoms. The molecule has 0 fully saturated rings. The number of hydrogen-bond acceptors (Lipinski definition) is 8. The molecule has 36 heavy (non-hydrogen) atoms. The summed E-state index contributed by atoms with van der Waals surface area (Å²) in [6.07, 6.45) is 0.00904. The first-order chi connectivity index (χ1) is 17.3. The minimum absolute atomic E-state index is 0.00904. The fourth-order valence-electron chi connectivity index (χ4n) is 5.05. The van der Waals surface area contributed by atoms with Gasteiger partial charge in [0.1, 0.15) is 13.2 Å². The lowest BCUT2D eigenvalue weighted by atomic mass is 9.85. The lowest BCUT2D eigenvalue weighted by Crippen LogP contribution is -2.47. The third kappa shape index (κ3) is 3.03. The van der Waals surface area contributed by atoms with Crippen LogP contribution in [0.4, 0.5) is 0 Å². The quantitative estimate of drug-likeness (QED) is 0.370. The Morgan fingerprint density at radius 2 is 1.89 bits per heavy atom. The van der Waals surface area contributed by atoms with Crippen LogP contribution in [0.25, 0.3) is 22.3 Å². The maximum atomic E-state index is 13.5. The van der Waals surface area contributed by atoms with Gasteiger partial charge in [-0.3, -0.25) is 14.2 Å². The molecule has 2 N–H and O–H groups in total. The van der Waals surface area contributed by atoms with Gasteiger partial charge < -0.3 is 24.3 Å². The van der Waals surface area contributed by atoms with E-state index in [1.807, 2.05) is 30.3 Å². The van der Waals surface area contributed by atoms with Gasteiger partial charge in [-0.1, -0.05) is 25.1 Å². The molecule has 4 aromatic rings. The zero-order valence-corrected chi connectivity index (χ0v) is 19.2. The smallest absolute Gasteiger partial charge is 0.355 e. The number of cyclic esters (lactones) is 1. The monoisotopic (exact) mass is 487 g/mol. The molecule has 5 heterocycles. The van der Waals surface area contributed by atoms with E-state index >= 15 is 0 Å². The van der Waals surface area contributed by atoms with E-state index in [1.54, 1.807) is 17.6 Å². The van der Waals surface area contributed by atoms with Crippen molar-refractivity contribution >= 4 is 22.8 Å². The third-order valence-corrected chi connectivity index (χ3v) is 6.89. The van der Waals surface area contributed by atoms with Crippen molar-refractivity contribution in [3.8, 4) is 23.1 Å². The number of carbonyl (C=O) groups is 2. The van der Waals surface area contributed by atoms with Gasteiger partial charge in [0.25, 0.3) is 5.56 Å². The molecule has 1 atom stereocenters. The average Bonchev–Trinajstić information content (AvgIpc) is 3.39. The molecule has 10 heteroatoms. The van der Waals surface area contributed by atoms with E-state index in [0.717, 1.165) is 21.0 Å². The third-order valence-electron chi connectivity index (χ3n) is 6.89. The highest BCUT2D eigenvalue weighted by Crippen LogP contribution is 2.41. The van der Waals surface area contributed by atoms with Crippen molar-refractivity contribution in [3.63, 3.8) is 0 Å². The Bertz CT molecular complexity index is 1630. The van der Waals surface area contributed by atoms with E-state index < -0.39 is 24.1 Å². The van der Waals surface area contributed by atoms with Gasteiger partial charge in [0.05, 0.1) is 29.0 Å². The number of aromatic hydroxyl groups is 2. The molecule has 0 spiro atoms. The number of esters is 2. The highest BCUT2D eigenvalue weighted by Gasteiger charge is 2.50. The number of aromatic nitrogens is 3. The molecule has 1 unspecified atom stereocenters. The Balaban J connectivity index is 1.47. The van der Waals surface area contributed by atoms with Crippen LogP contribution in [-0.2, 0) is 44.4 Å². The second-order valence-corrected chi connectivity index (χ2v) is 8.87. The summed E-state index contributed by atoms with van der Waals surface area (Å²) in [6, 6.07) is 13.8. The first-order valence-corrected chi connectivity index (χ1v) is 11.4. The summed E-state index contributed by atoms with van der Waals surface area (Å²) in [5.41, 5.74) is 1.09. The SMILES string of the molecule is CCC1(OC(=O)Cn2c(O)ccc2O)C(=O)OCc2c1cc1n(c2=O)Cc2cc3ccccc3nc2-1. The molecule has 2 aliphatic rings. The van der Waals surface area contributed by atoms with E-state index in [9.17, 15) is 24.6 Å². The van der Waals surface area contributed by atoms with E-state index in [1.165, 1.54) is 12.1 Å². The fraction of sp³-hybridized carbons (Fsp3) is 0.231. The highest BCUT2D eigenvalue weighted by atomic mass is 16.6. The van der Waals surface area contributed by atoms with Gasteiger partial charge in [0, 0.05) is 28.6 Å². The second kappa shape index (κ2) is 7.70. The summed E-state index contributed by atoms with van der Waals surface area (Å²) in [6.45, 7) is 1.19. The van der Waals surface area contributed by atoms with Crippen molar-refractivity contribution in [2.24, 2.45) is 0 Å². The van der Waals surface area contributed by atoms with Crippen LogP contribution in [0.3, 0.4) is 0 Å². The van der Waals surface area contributed by atoms with Gasteiger partial charge in [-0.2, -0.15) is 0 Å². The van der Waals surface area contributed by atoms with Crippen LogP contribution < -0.4 is 5.56 Å². The number of hydrogen-bond donors (Lipinski definition) is 2. The van der Waals surface area contributed by atoms with E-state index in [2.05, 4.69) is 0 Å². The molecule has 2 aliphatic heterocycles. The summed E-state index contributed by atoms with van der Waals surface area (Å²) in [4.78, 5) is 44.3. The maximum absolute atomic E-state index is 13.5. The number of nitrogens with zero attached hydrogens (tertiary/aromatic N) is 3. The predicted molar refractivity (Wildman–Crippen MR) is 126 cm³/mol. The molecule has 1 aromatic carbocycles. The van der Waals surface area contributed by atoms with Gasteiger partial charge in [0.2, 0.25) is 5.60 Å². The van der Waals surface area contributed by atoms with Crippen LogP contribution in [-0.4, -0.2) is 36.3 Å². The van der Waals surface area contributed by atoms with Crippen molar-refractivity contribution in [1.29, 1.82) is 0 Å². The van der Waals surface area contributed by atoms with Crippen LogP contribution in [0.5, 0.6) is 11.8 Å². The zero-order valence-electron chi connectivity index (χ0n) is 19.2. The summed E-state index contributed by atoms with van der Waals surface area (Å²) in [5.74, 6) is -2.37. The Morgan fingerprint density at radius 3 is 2.64 bits per heavy atom. The van der Waals surface area contributed by atoms with Gasteiger partial charge in [0.15, 0.2) is 11.8 Å². The van der Waals surface area contributed by atoms with Gasteiger partial charge in [-0.15, -0.1) is 0 Å². The number of ether oxygens (including phenoxy) is 2. The van der Waals surface area contributed by atoms with E-state index in [-0.39, 0.29) is 41.5 Å². The van der Waals surface area contributed by atoms with Crippen molar-refractivity contribution in [2.45, 2.75) is 38.6 Å². The predicted octanol–water partition coefficient (Wildman–Crippen LogP) is 2.54. The number of para-hydroxylation sites is 1. The molecule has 182 valence electrons. The van der Waals surface area contributed by atoms with Gasteiger partial charge >= 0.3 is 11.9 Å². The summed E-state index contributed by atoms with van der Waals surface area (Å²) >= 11 is 0. The van der Waals surface area contributed by atoms with Crippen molar-refractivity contribution in [3.05, 3.63) is 75.6 Å². The molecular weight excluding hydrogens is 466 g/mol. The normalized spacial score (nSPS) is 17.9. The fourth-order valence-corrected chi connectivity index (χ4v) is 5.05. The summed E-state index contributed by atoms with van der Waals surface area (Å²) in [7, 11) is 0. The molecule has 0 amide bonds. The minimum atomic E-state index is -1.86. The average molecular weight is 487 g/mol. The first kappa shape index (κ1) is 21.9. The standard InChI is InChI=1S/C26H21N3O7/c1-2-26(36-22(32)12-29-20(30)7-8-21(29)31)17-10-19-23-15(9-14-5-3-4-6-18(14)27-23)11-28(19)24(33)16(17)13-35-25(26)34/h3-10,30-31H,2,11-13H2,1H3. The Hall–Kier alpha value is -4.60. The molecule has 10 nitrogen and oxygen atoms in total. The molecule has 0 saturated carbocycles. The maximum Gasteiger partial charge on any atom is 0.355 e. The van der Waals surface area contributed by atoms with Crippen LogP contribution in [0.2, 0.25) is 0 Å². The zero-order chi connectivity index (χ0) is 25.2. The molecular formula is C26H21N3O7. The van der Waals surface area contributed by atoms with Crippen LogP contribution >= 0.6 is 0 Å². The number of benzene rings is 1. The largest absolute Gasteiger partial charge is 0.494 e. The number of rotatable bonds is 4. The van der Waals surface area contributed by atoms with Gasteiger partial charge in [-0.05, 0) is 24.6 Å². The first-order valence-electron chi connectivity index (χ1n) is 11.4. The number of pyridine rings is 2. The minimum Gasteiger partial charge on any atom is -0.494 e. The van der Waals surface area contributed by atoms with E-state index in [4.69, 9.17) is 14.5 Å². The van der Waals surface area contributed by atoms with Crippen LogP contribution in [0, 0.1) is 0 Å². The number of carbonyl (C=O) groups excluding carboxylic acids is 2. The number of fused-ring (bicyclic) bond motifs is 5. The second-order valence-electron chi connectivity index (χ2n) is 8.87. The van der Waals surface area contributed by atoms with Crippen LogP contribution in [0.1, 0.15) is 30.0 Å². The van der Waals surface area contributed by atoms with Crippen molar-refractivity contribution in [2.75, 3.05) is 0 Å². The van der Waals surface area contributed by atoms with Gasteiger partial charge in [-0.25, -0.2) is 9.78 Å². The lowest BCUT2D eigenvalue weighted by Gasteiger charge is -2.35. The summed E-state index contributed by atoms with van der Waals surface area (Å²) < 4.78 is 13.5. The Labute approximate surface area is 204 Å². The lowest BCUT2D eigenvalue weighted by molar-refractivity contribution is -0.190. The van der Waals surface area contributed by atoms with E-state index in [0.29, 0.717) is 17.9 Å². The molecule has 0 radical (unpaired) electrons. The summed E-state index contributed by atoms with van der Waals surface area (Å²) in [5, 5.41) is 20.7. The van der Waals surface area contributed by atoms with Crippen LogP contribution in [0.15, 0.2) is 53.3 Å².